The Balaban J connectivity index is 2.03. The van der Waals surface area contributed by atoms with Crippen molar-refractivity contribution in [3.05, 3.63) is 29.8 Å². The smallest absolute Gasteiger partial charge is 0.370 e. The summed E-state index contributed by atoms with van der Waals surface area (Å²) in [5, 5.41) is 3.47. The van der Waals surface area contributed by atoms with Gasteiger partial charge in [0.1, 0.15) is 0 Å². The van der Waals surface area contributed by atoms with Crippen molar-refractivity contribution in [3.8, 4) is 0 Å². The molecule has 0 amide bonds. The van der Waals surface area contributed by atoms with Gasteiger partial charge in [0.05, 0.1) is 5.56 Å². The van der Waals surface area contributed by atoms with Crippen molar-refractivity contribution in [3.63, 3.8) is 0 Å². The number of nitrogens with one attached hydrogen (secondary N) is 1. The van der Waals surface area contributed by atoms with E-state index in [0.29, 0.717) is 6.04 Å². The highest BCUT2D eigenvalue weighted by molar-refractivity contribution is 5.48. The summed E-state index contributed by atoms with van der Waals surface area (Å²) in [5.41, 5.74) is 0.265. The first-order valence-electron chi connectivity index (χ1n) is 7.16. The van der Waals surface area contributed by atoms with E-state index in [9.17, 15) is 13.2 Å². The Labute approximate surface area is 118 Å². The van der Waals surface area contributed by atoms with Gasteiger partial charge in [0.2, 0.25) is 0 Å². The van der Waals surface area contributed by atoms with Crippen molar-refractivity contribution in [2.24, 2.45) is 0 Å². The topological polar surface area (TPSA) is 15.3 Å². The highest BCUT2D eigenvalue weighted by Crippen LogP contribution is 2.30. The standard InChI is InChI=1S/C15H21F3N2/c1-2-20(11-13-5-3-4-10-19-13)14-8-6-12(7-9-14)15(16,17)18/h6-9,13,19H,2-5,10-11H2,1H3. The van der Waals surface area contributed by atoms with Gasteiger partial charge in [-0.3, -0.25) is 0 Å². The van der Waals surface area contributed by atoms with E-state index in [-0.39, 0.29) is 0 Å². The van der Waals surface area contributed by atoms with Crippen LogP contribution in [-0.4, -0.2) is 25.7 Å². The highest BCUT2D eigenvalue weighted by Gasteiger charge is 2.30. The number of nitrogens with zero attached hydrogens (tertiary/aromatic N) is 1. The minimum absolute atomic E-state index is 0.436. The second-order valence-electron chi connectivity index (χ2n) is 5.23. The van der Waals surface area contributed by atoms with E-state index in [1.54, 1.807) is 12.1 Å². The van der Waals surface area contributed by atoms with Gasteiger partial charge in [-0.25, -0.2) is 0 Å². The summed E-state index contributed by atoms with van der Waals surface area (Å²) in [5.74, 6) is 0. The Morgan fingerprint density at radius 1 is 1.20 bits per heavy atom. The lowest BCUT2D eigenvalue weighted by Gasteiger charge is -2.31. The van der Waals surface area contributed by atoms with Crippen LogP contribution in [0.2, 0.25) is 0 Å². The van der Waals surface area contributed by atoms with Crippen molar-refractivity contribution in [2.75, 3.05) is 24.5 Å². The maximum Gasteiger partial charge on any atom is 0.416 e. The Hall–Kier alpha value is -1.23. The van der Waals surface area contributed by atoms with Crippen LogP contribution in [0.25, 0.3) is 0 Å². The van der Waals surface area contributed by atoms with Crippen molar-refractivity contribution in [1.29, 1.82) is 0 Å². The Morgan fingerprint density at radius 3 is 2.40 bits per heavy atom. The third-order valence-electron chi connectivity index (χ3n) is 3.79. The van der Waals surface area contributed by atoms with Crippen LogP contribution in [0.4, 0.5) is 18.9 Å². The average molecular weight is 286 g/mol. The second kappa shape index (κ2) is 6.48. The number of likely N-dealkylation sites (N-methyl/N-ethyl adjacent to an activating group) is 1. The van der Waals surface area contributed by atoms with E-state index < -0.39 is 11.7 Å². The first-order chi connectivity index (χ1) is 9.50. The van der Waals surface area contributed by atoms with E-state index in [1.165, 1.54) is 12.8 Å². The van der Waals surface area contributed by atoms with Crippen molar-refractivity contribution in [2.45, 2.75) is 38.4 Å². The molecule has 2 nitrogen and oxygen atoms in total. The van der Waals surface area contributed by atoms with Crippen molar-refractivity contribution < 1.29 is 13.2 Å². The molecule has 1 heterocycles. The van der Waals surface area contributed by atoms with Gasteiger partial charge in [0, 0.05) is 24.8 Å². The summed E-state index contributed by atoms with van der Waals surface area (Å²) in [6.07, 6.45) is -0.692. The zero-order valence-corrected chi connectivity index (χ0v) is 11.7. The number of hydrogen-bond acceptors (Lipinski definition) is 2. The third-order valence-corrected chi connectivity index (χ3v) is 3.79. The molecule has 0 bridgehead atoms. The number of piperidine rings is 1. The summed E-state index contributed by atoms with van der Waals surface area (Å²) >= 11 is 0. The first kappa shape index (κ1) is 15.2. The molecule has 2 rings (SSSR count). The average Bonchev–Trinajstić information content (AvgIpc) is 2.45. The molecule has 1 aromatic carbocycles. The minimum Gasteiger partial charge on any atom is -0.370 e. The van der Waals surface area contributed by atoms with Gasteiger partial charge in [-0.2, -0.15) is 13.2 Å². The van der Waals surface area contributed by atoms with Crippen LogP contribution in [0, 0.1) is 0 Å². The number of rotatable bonds is 4. The summed E-state index contributed by atoms with van der Waals surface area (Å²) in [6.45, 7) is 4.71. The molecule has 1 saturated heterocycles. The lowest BCUT2D eigenvalue weighted by atomic mass is 10.0. The fraction of sp³-hybridized carbons (Fsp3) is 0.600. The third kappa shape index (κ3) is 3.88. The highest BCUT2D eigenvalue weighted by atomic mass is 19.4. The van der Waals surface area contributed by atoms with Gasteiger partial charge in [0.25, 0.3) is 0 Å². The molecule has 0 aliphatic carbocycles. The van der Waals surface area contributed by atoms with Crippen molar-refractivity contribution in [1.82, 2.24) is 5.32 Å². The number of anilines is 1. The molecule has 1 aliphatic rings. The second-order valence-corrected chi connectivity index (χ2v) is 5.23. The van der Waals surface area contributed by atoms with Crippen LogP contribution in [0.15, 0.2) is 24.3 Å². The molecule has 1 N–H and O–H groups in total. The maximum absolute atomic E-state index is 12.6. The lowest BCUT2D eigenvalue weighted by molar-refractivity contribution is -0.137. The fourth-order valence-corrected chi connectivity index (χ4v) is 2.62. The first-order valence-corrected chi connectivity index (χ1v) is 7.16. The number of halogens is 3. The normalized spacial score (nSPS) is 19.9. The summed E-state index contributed by atoms with van der Waals surface area (Å²) in [7, 11) is 0. The van der Waals surface area contributed by atoms with Gasteiger partial charge in [0.15, 0.2) is 0 Å². The zero-order chi connectivity index (χ0) is 14.6. The minimum atomic E-state index is -4.26. The molecule has 1 unspecified atom stereocenters. The Morgan fingerprint density at radius 2 is 1.90 bits per heavy atom. The van der Waals surface area contributed by atoms with E-state index in [0.717, 1.165) is 43.9 Å². The van der Waals surface area contributed by atoms with Gasteiger partial charge >= 0.3 is 6.18 Å². The molecule has 1 fully saturated rings. The van der Waals surface area contributed by atoms with E-state index in [2.05, 4.69) is 10.2 Å². The predicted octanol–water partition coefficient (Wildman–Crippen LogP) is 3.67. The number of hydrogen-bond donors (Lipinski definition) is 1. The quantitative estimate of drug-likeness (QED) is 0.908. The van der Waals surface area contributed by atoms with Crippen LogP contribution in [0.5, 0.6) is 0 Å². The van der Waals surface area contributed by atoms with Crippen LogP contribution >= 0.6 is 0 Å². The fourth-order valence-electron chi connectivity index (χ4n) is 2.62. The molecule has 1 atom stereocenters. The summed E-state index contributed by atoms with van der Waals surface area (Å²) < 4.78 is 37.7. The summed E-state index contributed by atoms with van der Waals surface area (Å²) in [4.78, 5) is 2.13. The van der Waals surface area contributed by atoms with Gasteiger partial charge < -0.3 is 10.2 Å². The number of alkyl halides is 3. The number of benzene rings is 1. The molecule has 1 aromatic rings. The van der Waals surface area contributed by atoms with E-state index in [4.69, 9.17) is 0 Å². The van der Waals surface area contributed by atoms with Gasteiger partial charge in [-0.1, -0.05) is 6.42 Å². The molecule has 0 saturated carbocycles. The molecule has 0 radical (unpaired) electrons. The zero-order valence-electron chi connectivity index (χ0n) is 11.7. The van der Waals surface area contributed by atoms with Crippen LogP contribution in [-0.2, 0) is 6.18 Å². The van der Waals surface area contributed by atoms with Crippen LogP contribution < -0.4 is 10.2 Å². The largest absolute Gasteiger partial charge is 0.416 e. The van der Waals surface area contributed by atoms with E-state index >= 15 is 0 Å². The molecular formula is C15H21F3N2. The molecule has 0 aromatic heterocycles. The predicted molar refractivity (Wildman–Crippen MR) is 75.0 cm³/mol. The Bertz CT molecular complexity index is 408. The molecule has 0 spiro atoms. The van der Waals surface area contributed by atoms with Crippen LogP contribution in [0.1, 0.15) is 31.7 Å². The van der Waals surface area contributed by atoms with Crippen molar-refractivity contribution >= 4 is 5.69 Å². The van der Waals surface area contributed by atoms with E-state index in [1.807, 2.05) is 6.92 Å². The lowest BCUT2D eigenvalue weighted by Crippen LogP contribution is -2.43. The molecule has 1 aliphatic heterocycles. The molecule has 20 heavy (non-hydrogen) atoms. The molecule has 5 heteroatoms. The summed E-state index contributed by atoms with van der Waals surface area (Å²) in [6, 6.07) is 5.88. The SMILES string of the molecule is CCN(CC1CCCCN1)c1ccc(C(F)(F)F)cc1. The molecular weight excluding hydrogens is 265 g/mol. The Kier molecular flexibility index (Phi) is 4.91. The molecule has 112 valence electrons. The monoisotopic (exact) mass is 286 g/mol. The van der Waals surface area contributed by atoms with Gasteiger partial charge in [-0.05, 0) is 50.6 Å². The van der Waals surface area contributed by atoms with Crippen LogP contribution in [0.3, 0.4) is 0 Å². The maximum atomic E-state index is 12.6. The van der Waals surface area contributed by atoms with Gasteiger partial charge in [-0.15, -0.1) is 0 Å².